The zero-order chi connectivity index (χ0) is 20.5. The maximum atomic E-state index is 13.1. The highest BCUT2D eigenvalue weighted by atomic mass is 35.5. The van der Waals surface area contributed by atoms with Crippen molar-refractivity contribution in [1.82, 2.24) is 5.32 Å². The van der Waals surface area contributed by atoms with Gasteiger partial charge in [-0.3, -0.25) is 4.79 Å². The third-order valence-corrected chi connectivity index (χ3v) is 5.02. The van der Waals surface area contributed by atoms with E-state index in [9.17, 15) is 18.0 Å². The molecule has 148 valence electrons. The predicted molar refractivity (Wildman–Crippen MR) is 102 cm³/mol. The first-order valence-corrected chi connectivity index (χ1v) is 9.23. The van der Waals surface area contributed by atoms with Gasteiger partial charge in [-0.15, -0.1) is 0 Å². The summed E-state index contributed by atoms with van der Waals surface area (Å²) in [6.07, 6.45) is -3.87. The van der Waals surface area contributed by atoms with Crippen molar-refractivity contribution in [3.05, 3.63) is 75.6 Å². The van der Waals surface area contributed by atoms with Gasteiger partial charge in [-0.05, 0) is 29.7 Å². The van der Waals surface area contributed by atoms with E-state index in [-0.39, 0.29) is 17.0 Å². The van der Waals surface area contributed by atoms with Crippen molar-refractivity contribution in [3.63, 3.8) is 0 Å². The molecule has 3 rings (SSSR count). The van der Waals surface area contributed by atoms with Crippen LogP contribution in [0.15, 0.2) is 48.3 Å². The number of carbonyl (C=O) groups excluding carboxylic acids is 1. The maximum Gasteiger partial charge on any atom is 0.416 e. The minimum atomic E-state index is -4.50. The zero-order valence-electron chi connectivity index (χ0n) is 15.4. The first-order chi connectivity index (χ1) is 13.3. The zero-order valence-corrected chi connectivity index (χ0v) is 16.1. The molecule has 0 aromatic heterocycles. The Morgan fingerprint density at radius 1 is 1.18 bits per heavy atom. The number of hydrogen-bond acceptors (Lipinski definition) is 3. The Morgan fingerprint density at radius 3 is 2.54 bits per heavy atom. The minimum absolute atomic E-state index is 0.0792. The average molecular weight is 410 g/mol. The van der Waals surface area contributed by atoms with Crippen LogP contribution < -0.4 is 5.32 Å². The number of ether oxygens (including phenoxy) is 1. The summed E-state index contributed by atoms with van der Waals surface area (Å²) in [5.41, 5.74) is 0.805. The van der Waals surface area contributed by atoms with Crippen molar-refractivity contribution in [3.8, 4) is 0 Å². The van der Waals surface area contributed by atoms with Crippen LogP contribution in [0.2, 0.25) is 5.02 Å². The number of halogens is 4. The van der Waals surface area contributed by atoms with Crippen LogP contribution in [0.5, 0.6) is 0 Å². The normalized spacial score (nSPS) is 17.1. The smallest absolute Gasteiger partial charge is 0.416 e. The van der Waals surface area contributed by atoms with Gasteiger partial charge in [0, 0.05) is 12.6 Å². The molecule has 7 heteroatoms. The van der Waals surface area contributed by atoms with Crippen molar-refractivity contribution >= 4 is 23.0 Å². The Bertz CT molecular complexity index is 937. The summed E-state index contributed by atoms with van der Waals surface area (Å²) in [6, 6.07) is 10.0. The van der Waals surface area contributed by atoms with Crippen molar-refractivity contribution < 1.29 is 22.7 Å². The number of alkyl halides is 3. The molecule has 2 aromatic carbocycles. The van der Waals surface area contributed by atoms with Gasteiger partial charge < -0.3 is 10.1 Å². The predicted octanol–water partition coefficient (Wildman–Crippen LogP) is 5.54. The second-order valence-corrected chi connectivity index (χ2v) is 6.84. The van der Waals surface area contributed by atoms with E-state index in [1.807, 2.05) is 13.0 Å². The monoisotopic (exact) mass is 409 g/mol. The third kappa shape index (κ3) is 3.74. The lowest BCUT2D eigenvalue weighted by atomic mass is 9.94. The van der Waals surface area contributed by atoms with Gasteiger partial charge >= 0.3 is 6.18 Å². The molecule has 3 nitrogen and oxygen atoms in total. The molecule has 28 heavy (non-hydrogen) atoms. The first-order valence-electron chi connectivity index (χ1n) is 8.85. The standard InChI is InChI=1S/C21H19ClF3NO2/c1-3-6-12-7-5-10-15(17(12)22)19-18(27)16(20(26-2)28-19)13-8-4-9-14(11-13)21(23,24)25/h4-5,7-11,19,26H,3,6H2,1-2H3. The summed E-state index contributed by atoms with van der Waals surface area (Å²) >= 11 is 6.48. The molecule has 1 unspecified atom stereocenters. The van der Waals surface area contributed by atoms with Crippen LogP contribution >= 0.6 is 11.6 Å². The number of nitrogens with one attached hydrogen (secondary N) is 1. The van der Waals surface area contributed by atoms with Crippen LogP contribution in [0, 0.1) is 0 Å². The van der Waals surface area contributed by atoms with Gasteiger partial charge in [0.25, 0.3) is 0 Å². The molecule has 0 bridgehead atoms. The molecule has 2 aromatic rings. The van der Waals surface area contributed by atoms with Crippen molar-refractivity contribution in [2.24, 2.45) is 0 Å². The van der Waals surface area contributed by atoms with E-state index in [2.05, 4.69) is 5.32 Å². The van der Waals surface area contributed by atoms with Gasteiger partial charge in [0.1, 0.15) is 0 Å². The Kier molecular flexibility index (Phi) is 5.70. The first kappa shape index (κ1) is 20.3. The van der Waals surface area contributed by atoms with Gasteiger partial charge in [0.2, 0.25) is 5.78 Å². The number of aryl methyl sites for hydroxylation is 1. The lowest BCUT2D eigenvalue weighted by Gasteiger charge is -2.15. The fourth-order valence-electron chi connectivity index (χ4n) is 3.25. The molecule has 1 N–H and O–H groups in total. The third-order valence-electron chi connectivity index (χ3n) is 4.56. The molecule has 0 spiro atoms. The van der Waals surface area contributed by atoms with Crippen LogP contribution in [-0.2, 0) is 22.1 Å². The fourth-order valence-corrected chi connectivity index (χ4v) is 3.57. The number of rotatable bonds is 5. The van der Waals surface area contributed by atoms with Gasteiger partial charge in [0.15, 0.2) is 12.0 Å². The van der Waals surface area contributed by atoms with Crippen LogP contribution in [0.4, 0.5) is 13.2 Å². The molecular weight excluding hydrogens is 391 g/mol. The molecule has 1 atom stereocenters. The summed E-state index contributed by atoms with van der Waals surface area (Å²) in [7, 11) is 1.55. The Morgan fingerprint density at radius 2 is 1.89 bits per heavy atom. The lowest BCUT2D eigenvalue weighted by molar-refractivity contribution is -0.137. The number of Topliss-reactive ketones (excluding diaryl/α,β-unsaturated/α-hetero) is 1. The molecule has 1 aliphatic heterocycles. The lowest BCUT2D eigenvalue weighted by Crippen LogP contribution is -2.12. The van der Waals surface area contributed by atoms with E-state index >= 15 is 0 Å². The molecule has 0 saturated carbocycles. The van der Waals surface area contributed by atoms with E-state index in [1.165, 1.54) is 12.1 Å². The van der Waals surface area contributed by atoms with Crippen LogP contribution in [0.25, 0.3) is 5.57 Å². The minimum Gasteiger partial charge on any atom is -0.462 e. The quantitative estimate of drug-likeness (QED) is 0.704. The van der Waals surface area contributed by atoms with Gasteiger partial charge in [-0.25, -0.2) is 0 Å². The molecule has 0 radical (unpaired) electrons. The molecular formula is C21H19ClF3NO2. The average Bonchev–Trinajstić information content (AvgIpc) is 2.99. The number of benzene rings is 2. The largest absolute Gasteiger partial charge is 0.462 e. The SMILES string of the molecule is CCCc1cccc(C2OC(NC)=C(c3cccc(C(F)(F)F)c3)C2=O)c1Cl. The van der Waals surface area contributed by atoms with E-state index < -0.39 is 23.6 Å². The van der Waals surface area contributed by atoms with Gasteiger partial charge in [-0.1, -0.05) is 55.3 Å². The molecule has 0 fully saturated rings. The molecule has 1 heterocycles. The van der Waals surface area contributed by atoms with Crippen LogP contribution in [-0.4, -0.2) is 12.8 Å². The van der Waals surface area contributed by atoms with E-state index in [0.29, 0.717) is 10.6 Å². The maximum absolute atomic E-state index is 13.1. The van der Waals surface area contributed by atoms with Crippen molar-refractivity contribution in [1.29, 1.82) is 0 Å². The molecule has 0 aliphatic carbocycles. The summed E-state index contributed by atoms with van der Waals surface area (Å²) in [5.74, 6) is -0.300. The highest BCUT2D eigenvalue weighted by Gasteiger charge is 2.39. The number of ketones is 1. The van der Waals surface area contributed by atoms with Gasteiger partial charge in [-0.2, -0.15) is 13.2 Å². The Hall–Kier alpha value is -2.47. The second kappa shape index (κ2) is 7.87. The highest BCUT2D eigenvalue weighted by molar-refractivity contribution is 6.33. The summed E-state index contributed by atoms with van der Waals surface area (Å²) in [6.45, 7) is 2.02. The fraction of sp³-hybridized carbons (Fsp3) is 0.286. The summed E-state index contributed by atoms with van der Waals surface area (Å²) in [4.78, 5) is 13.1. The molecule has 0 saturated heterocycles. The van der Waals surface area contributed by atoms with E-state index in [4.69, 9.17) is 16.3 Å². The number of carbonyl (C=O) groups is 1. The topological polar surface area (TPSA) is 38.3 Å². The Labute approximate surface area is 166 Å². The van der Waals surface area contributed by atoms with Gasteiger partial charge in [0.05, 0.1) is 16.2 Å². The van der Waals surface area contributed by atoms with E-state index in [0.717, 1.165) is 30.5 Å². The van der Waals surface area contributed by atoms with Crippen molar-refractivity contribution in [2.45, 2.75) is 32.0 Å². The Balaban J connectivity index is 2.02. The van der Waals surface area contributed by atoms with E-state index in [1.54, 1.807) is 19.2 Å². The van der Waals surface area contributed by atoms with Crippen molar-refractivity contribution in [2.75, 3.05) is 7.05 Å². The summed E-state index contributed by atoms with van der Waals surface area (Å²) in [5, 5.41) is 3.22. The highest BCUT2D eigenvalue weighted by Crippen LogP contribution is 2.41. The molecule has 0 amide bonds. The van der Waals surface area contributed by atoms with Crippen LogP contribution in [0.3, 0.4) is 0 Å². The van der Waals surface area contributed by atoms with Crippen LogP contribution in [0.1, 0.15) is 41.7 Å². The second-order valence-electron chi connectivity index (χ2n) is 6.47. The summed E-state index contributed by atoms with van der Waals surface area (Å²) < 4.78 is 45.0. The number of hydrogen-bond donors (Lipinski definition) is 1. The molecule has 1 aliphatic rings.